The smallest absolute Gasteiger partial charge is 0.129 e. The van der Waals surface area contributed by atoms with Crippen molar-refractivity contribution >= 4 is 11.3 Å². The van der Waals surface area contributed by atoms with Crippen LogP contribution in [-0.2, 0) is 13.5 Å². The number of hydrogen-bond donors (Lipinski definition) is 1. The number of ether oxygens (including phenoxy) is 1. The van der Waals surface area contributed by atoms with Crippen molar-refractivity contribution in [3.63, 3.8) is 0 Å². The molecule has 2 heterocycles. The van der Waals surface area contributed by atoms with Crippen molar-refractivity contribution in [2.45, 2.75) is 26.3 Å². The topological polar surface area (TPSA) is 39.1 Å². The molecule has 2 aromatic heterocycles. The second kappa shape index (κ2) is 6.21. The summed E-state index contributed by atoms with van der Waals surface area (Å²) in [5.74, 6) is 0.934. The minimum absolute atomic E-state index is 0.314. The lowest BCUT2D eigenvalue weighted by Gasteiger charge is -2.16. The van der Waals surface area contributed by atoms with Crippen LogP contribution in [0.1, 0.15) is 29.2 Å². The molecule has 0 fully saturated rings. The molecular formula is C14H21N3OS. The summed E-state index contributed by atoms with van der Waals surface area (Å²) in [7, 11) is 3.71. The zero-order valence-corrected chi connectivity index (χ0v) is 12.8. The summed E-state index contributed by atoms with van der Waals surface area (Å²) in [5.41, 5.74) is 2.31. The standard InChI is InChI=1S/C14H21N3OS/c1-5-15-13(14-8-12(18-4)9-19-14)7-11-6-10(2)16-17(11)3/h6,8-9,13,15H,5,7H2,1-4H3. The molecule has 0 amide bonds. The molecule has 0 aromatic carbocycles. The normalized spacial score (nSPS) is 12.6. The maximum absolute atomic E-state index is 5.27. The SMILES string of the molecule is CCNC(Cc1cc(C)nn1C)c1cc(OC)cs1. The van der Waals surface area contributed by atoms with E-state index in [0.29, 0.717) is 6.04 Å². The maximum atomic E-state index is 5.27. The first-order valence-electron chi connectivity index (χ1n) is 6.49. The van der Waals surface area contributed by atoms with Crippen LogP contribution < -0.4 is 10.1 Å². The first-order valence-corrected chi connectivity index (χ1v) is 7.37. The number of hydrogen-bond acceptors (Lipinski definition) is 4. The molecule has 2 rings (SSSR count). The van der Waals surface area contributed by atoms with Crippen LogP contribution in [0.25, 0.3) is 0 Å². The fraction of sp³-hybridized carbons (Fsp3) is 0.500. The van der Waals surface area contributed by atoms with Gasteiger partial charge in [0.2, 0.25) is 0 Å². The molecule has 0 aliphatic heterocycles. The van der Waals surface area contributed by atoms with Gasteiger partial charge >= 0.3 is 0 Å². The van der Waals surface area contributed by atoms with E-state index in [1.807, 2.05) is 24.0 Å². The predicted molar refractivity (Wildman–Crippen MR) is 78.9 cm³/mol. The molecule has 0 saturated carbocycles. The highest BCUT2D eigenvalue weighted by Crippen LogP contribution is 2.29. The van der Waals surface area contributed by atoms with E-state index in [4.69, 9.17) is 4.74 Å². The highest BCUT2D eigenvalue weighted by Gasteiger charge is 2.16. The number of aromatic nitrogens is 2. The predicted octanol–water partition coefficient (Wildman–Crippen LogP) is 2.69. The Morgan fingerprint density at radius 1 is 1.47 bits per heavy atom. The van der Waals surface area contributed by atoms with Crippen LogP contribution >= 0.6 is 11.3 Å². The molecular weight excluding hydrogens is 258 g/mol. The minimum atomic E-state index is 0.314. The second-order valence-electron chi connectivity index (χ2n) is 4.60. The van der Waals surface area contributed by atoms with Crippen molar-refractivity contribution in [2.75, 3.05) is 13.7 Å². The van der Waals surface area contributed by atoms with Crippen LogP contribution in [0.15, 0.2) is 17.5 Å². The summed E-state index contributed by atoms with van der Waals surface area (Å²) < 4.78 is 7.23. The number of nitrogens with one attached hydrogen (secondary N) is 1. The lowest BCUT2D eigenvalue weighted by molar-refractivity contribution is 0.415. The van der Waals surface area contributed by atoms with Crippen LogP contribution in [0.2, 0.25) is 0 Å². The van der Waals surface area contributed by atoms with E-state index in [1.54, 1.807) is 18.4 Å². The van der Waals surface area contributed by atoms with E-state index < -0.39 is 0 Å². The average molecular weight is 279 g/mol. The van der Waals surface area contributed by atoms with Gasteiger partial charge in [-0.25, -0.2) is 0 Å². The number of methoxy groups -OCH3 is 1. The van der Waals surface area contributed by atoms with E-state index in [9.17, 15) is 0 Å². The van der Waals surface area contributed by atoms with Gasteiger partial charge in [-0.05, 0) is 25.6 Å². The average Bonchev–Trinajstić information content (AvgIpc) is 2.96. The number of rotatable bonds is 6. The summed E-state index contributed by atoms with van der Waals surface area (Å²) in [6.45, 7) is 5.11. The molecule has 0 aliphatic carbocycles. The van der Waals surface area contributed by atoms with Crippen LogP contribution in [0, 0.1) is 6.92 Å². The Labute approximate surface area is 118 Å². The quantitative estimate of drug-likeness (QED) is 0.883. The van der Waals surface area contributed by atoms with Gasteiger partial charge in [-0.2, -0.15) is 5.10 Å². The Morgan fingerprint density at radius 2 is 2.26 bits per heavy atom. The lowest BCUT2D eigenvalue weighted by Crippen LogP contribution is -2.23. The number of nitrogens with zero attached hydrogens (tertiary/aromatic N) is 2. The van der Waals surface area contributed by atoms with Gasteiger partial charge in [0.25, 0.3) is 0 Å². The lowest BCUT2D eigenvalue weighted by atomic mass is 10.1. The fourth-order valence-corrected chi connectivity index (χ4v) is 3.14. The maximum Gasteiger partial charge on any atom is 0.129 e. The zero-order valence-electron chi connectivity index (χ0n) is 11.9. The van der Waals surface area contributed by atoms with Gasteiger partial charge in [0.15, 0.2) is 0 Å². The zero-order chi connectivity index (χ0) is 13.8. The highest BCUT2D eigenvalue weighted by molar-refractivity contribution is 7.10. The summed E-state index contributed by atoms with van der Waals surface area (Å²) in [6.07, 6.45) is 0.939. The van der Waals surface area contributed by atoms with Crippen LogP contribution in [0.5, 0.6) is 5.75 Å². The summed E-state index contributed by atoms with van der Waals surface area (Å²) in [6, 6.07) is 4.57. The molecule has 104 valence electrons. The largest absolute Gasteiger partial charge is 0.496 e. The first-order chi connectivity index (χ1) is 9.13. The Balaban J connectivity index is 2.18. The fourth-order valence-electron chi connectivity index (χ4n) is 2.21. The van der Waals surface area contributed by atoms with Crippen molar-refractivity contribution in [2.24, 2.45) is 7.05 Å². The third kappa shape index (κ3) is 3.36. The Kier molecular flexibility index (Phi) is 4.61. The molecule has 19 heavy (non-hydrogen) atoms. The Bertz CT molecular complexity index is 533. The van der Waals surface area contributed by atoms with E-state index in [0.717, 1.165) is 24.4 Å². The number of likely N-dealkylation sites (N-methyl/N-ethyl adjacent to an activating group) is 1. The van der Waals surface area contributed by atoms with E-state index in [-0.39, 0.29) is 0 Å². The van der Waals surface area contributed by atoms with Crippen molar-refractivity contribution in [1.82, 2.24) is 15.1 Å². The molecule has 0 bridgehead atoms. The third-order valence-electron chi connectivity index (χ3n) is 3.14. The molecule has 0 aliphatic rings. The number of aryl methyl sites for hydroxylation is 2. The molecule has 0 saturated heterocycles. The molecule has 2 aromatic rings. The minimum Gasteiger partial charge on any atom is -0.496 e. The van der Waals surface area contributed by atoms with Crippen LogP contribution in [-0.4, -0.2) is 23.4 Å². The van der Waals surface area contributed by atoms with Gasteiger partial charge in [-0.3, -0.25) is 4.68 Å². The van der Waals surface area contributed by atoms with E-state index in [1.165, 1.54) is 10.6 Å². The van der Waals surface area contributed by atoms with Crippen molar-refractivity contribution in [1.29, 1.82) is 0 Å². The molecule has 5 heteroatoms. The molecule has 1 N–H and O–H groups in total. The highest BCUT2D eigenvalue weighted by atomic mass is 32.1. The van der Waals surface area contributed by atoms with Crippen molar-refractivity contribution in [3.8, 4) is 5.75 Å². The van der Waals surface area contributed by atoms with Gasteiger partial charge in [0, 0.05) is 35.5 Å². The second-order valence-corrected chi connectivity index (χ2v) is 5.55. The van der Waals surface area contributed by atoms with Crippen LogP contribution in [0.3, 0.4) is 0 Å². The van der Waals surface area contributed by atoms with E-state index >= 15 is 0 Å². The van der Waals surface area contributed by atoms with Crippen molar-refractivity contribution < 1.29 is 4.74 Å². The van der Waals surface area contributed by atoms with Gasteiger partial charge in [-0.1, -0.05) is 6.92 Å². The van der Waals surface area contributed by atoms with Crippen LogP contribution in [0.4, 0.5) is 0 Å². The molecule has 1 unspecified atom stereocenters. The van der Waals surface area contributed by atoms with E-state index in [2.05, 4.69) is 29.5 Å². The van der Waals surface area contributed by atoms with Crippen molar-refractivity contribution in [3.05, 3.63) is 33.8 Å². The molecule has 1 atom stereocenters. The summed E-state index contributed by atoms with van der Waals surface area (Å²) in [5, 5.41) is 9.99. The van der Waals surface area contributed by atoms with Gasteiger partial charge < -0.3 is 10.1 Å². The monoisotopic (exact) mass is 279 g/mol. The Hall–Kier alpha value is -1.33. The summed E-state index contributed by atoms with van der Waals surface area (Å²) >= 11 is 1.74. The summed E-state index contributed by atoms with van der Waals surface area (Å²) in [4.78, 5) is 1.30. The Morgan fingerprint density at radius 3 is 2.79 bits per heavy atom. The number of thiophene rings is 1. The molecule has 0 radical (unpaired) electrons. The van der Waals surface area contributed by atoms with Gasteiger partial charge in [0.1, 0.15) is 5.75 Å². The van der Waals surface area contributed by atoms with Gasteiger partial charge in [-0.15, -0.1) is 11.3 Å². The third-order valence-corrected chi connectivity index (χ3v) is 4.16. The first kappa shape index (κ1) is 14.1. The molecule has 4 nitrogen and oxygen atoms in total. The molecule has 0 spiro atoms. The van der Waals surface area contributed by atoms with Gasteiger partial charge in [0.05, 0.1) is 12.8 Å².